The molecule has 0 spiro atoms. The van der Waals surface area contributed by atoms with E-state index in [0.717, 1.165) is 16.0 Å². The Morgan fingerprint density at radius 1 is 0.773 bits per heavy atom. The largest absolute Gasteiger partial charge is 0.462 e. The Balaban J connectivity index is 1.38. The van der Waals surface area contributed by atoms with E-state index in [1.54, 1.807) is 80.6 Å². The molecule has 0 aromatic heterocycles. The highest BCUT2D eigenvalue weighted by atomic mass is 32.2. The Bertz CT molecular complexity index is 1640. The molecule has 0 radical (unpaired) electrons. The number of rotatable bonds is 11. The molecule has 3 amide bonds. The van der Waals surface area contributed by atoms with Crippen molar-refractivity contribution in [3.05, 3.63) is 131 Å². The molecule has 0 heterocycles. The number of anilines is 2. The van der Waals surface area contributed by atoms with E-state index >= 15 is 0 Å². The number of nitrogens with one attached hydrogen (secondary N) is 3. The lowest BCUT2D eigenvalue weighted by Gasteiger charge is -2.14. The van der Waals surface area contributed by atoms with Gasteiger partial charge in [0.2, 0.25) is 5.91 Å². The van der Waals surface area contributed by atoms with Crippen LogP contribution in [0.4, 0.5) is 11.4 Å². The SMILES string of the molecule is CCOC(=O)c1ccc(NC(=O)C(C)Sc2ccc(NC(=O)/C(=C/c3ccc(C)cc3)NC(=O)c3ccccc3)cc2)cc1. The zero-order valence-electron chi connectivity index (χ0n) is 24.6. The number of thioether (sulfide) groups is 1. The average Bonchev–Trinajstić information content (AvgIpc) is 3.03. The van der Waals surface area contributed by atoms with E-state index in [1.807, 2.05) is 49.4 Å². The lowest BCUT2D eigenvalue weighted by molar-refractivity contribution is -0.115. The molecule has 1 atom stereocenters. The molecule has 0 saturated carbocycles. The molecule has 8 nitrogen and oxygen atoms in total. The van der Waals surface area contributed by atoms with Gasteiger partial charge in [-0.1, -0.05) is 48.0 Å². The van der Waals surface area contributed by atoms with Gasteiger partial charge in [-0.25, -0.2) is 4.79 Å². The highest BCUT2D eigenvalue weighted by Crippen LogP contribution is 2.26. The molecule has 4 rings (SSSR count). The van der Waals surface area contributed by atoms with Crippen molar-refractivity contribution in [2.45, 2.75) is 30.9 Å². The lowest BCUT2D eigenvalue weighted by atomic mass is 10.1. The van der Waals surface area contributed by atoms with Gasteiger partial charge in [-0.3, -0.25) is 14.4 Å². The van der Waals surface area contributed by atoms with Crippen molar-refractivity contribution >= 4 is 52.9 Å². The van der Waals surface area contributed by atoms with Crippen LogP contribution in [0.1, 0.15) is 45.7 Å². The second-order valence-electron chi connectivity index (χ2n) is 9.81. The molecule has 0 bridgehead atoms. The first-order valence-electron chi connectivity index (χ1n) is 14.0. The number of esters is 1. The fourth-order valence-corrected chi connectivity index (χ4v) is 4.86. The standard InChI is InChI=1S/C35H33N3O5S/c1-4-43-35(42)27-14-16-28(17-15-27)36-32(39)24(3)44-30-20-18-29(19-21-30)37-34(41)31(22-25-12-10-23(2)11-13-25)38-33(40)26-8-6-5-7-9-26/h5-22,24H,4H2,1-3H3,(H,36,39)(H,37,41)(H,38,40)/b31-22-. The zero-order valence-corrected chi connectivity index (χ0v) is 25.4. The van der Waals surface area contributed by atoms with Crippen molar-refractivity contribution in [2.75, 3.05) is 17.2 Å². The van der Waals surface area contributed by atoms with Gasteiger partial charge in [0.15, 0.2) is 0 Å². The molecule has 44 heavy (non-hydrogen) atoms. The molecule has 4 aromatic rings. The lowest BCUT2D eigenvalue weighted by Crippen LogP contribution is -2.30. The summed E-state index contributed by atoms with van der Waals surface area (Å²) in [5.41, 5.74) is 3.89. The van der Waals surface area contributed by atoms with Gasteiger partial charge in [0.25, 0.3) is 11.8 Å². The normalized spacial score (nSPS) is 11.7. The third-order valence-electron chi connectivity index (χ3n) is 6.38. The van der Waals surface area contributed by atoms with Crippen molar-refractivity contribution in [1.29, 1.82) is 0 Å². The number of hydrogen-bond donors (Lipinski definition) is 3. The van der Waals surface area contributed by atoms with E-state index in [4.69, 9.17) is 4.74 Å². The average molecular weight is 608 g/mol. The Morgan fingerprint density at radius 3 is 2.02 bits per heavy atom. The van der Waals surface area contributed by atoms with Crippen LogP contribution < -0.4 is 16.0 Å². The number of carbonyl (C=O) groups is 4. The molecule has 3 N–H and O–H groups in total. The van der Waals surface area contributed by atoms with Crippen LogP contribution in [0.15, 0.2) is 114 Å². The number of benzene rings is 4. The fraction of sp³-hybridized carbons (Fsp3) is 0.143. The first kappa shape index (κ1) is 31.8. The second kappa shape index (κ2) is 15.4. The van der Waals surface area contributed by atoms with Crippen molar-refractivity contribution < 1.29 is 23.9 Å². The Morgan fingerprint density at radius 2 is 1.39 bits per heavy atom. The van der Waals surface area contributed by atoms with Crippen LogP contribution in [-0.4, -0.2) is 35.5 Å². The summed E-state index contributed by atoms with van der Waals surface area (Å²) in [7, 11) is 0. The van der Waals surface area contributed by atoms with Crippen LogP contribution in [0.25, 0.3) is 6.08 Å². The van der Waals surface area contributed by atoms with Crippen molar-refractivity contribution in [3.8, 4) is 0 Å². The molecule has 9 heteroatoms. The summed E-state index contributed by atoms with van der Waals surface area (Å²) in [6.07, 6.45) is 1.63. The van der Waals surface area contributed by atoms with E-state index < -0.39 is 23.0 Å². The van der Waals surface area contributed by atoms with Crippen molar-refractivity contribution in [1.82, 2.24) is 5.32 Å². The highest BCUT2D eigenvalue weighted by molar-refractivity contribution is 8.00. The van der Waals surface area contributed by atoms with Crippen molar-refractivity contribution in [3.63, 3.8) is 0 Å². The molecular weight excluding hydrogens is 574 g/mol. The summed E-state index contributed by atoms with van der Waals surface area (Å²) in [5, 5.41) is 8.01. The molecular formula is C35H33N3O5S. The van der Waals surface area contributed by atoms with Gasteiger partial charge in [-0.2, -0.15) is 0 Å². The van der Waals surface area contributed by atoms with Gasteiger partial charge in [0.1, 0.15) is 5.70 Å². The van der Waals surface area contributed by atoms with Gasteiger partial charge in [0.05, 0.1) is 17.4 Å². The predicted octanol–water partition coefficient (Wildman–Crippen LogP) is 6.70. The second-order valence-corrected chi connectivity index (χ2v) is 11.2. The topological polar surface area (TPSA) is 114 Å². The minimum Gasteiger partial charge on any atom is -0.462 e. The minimum atomic E-state index is -0.475. The fourth-order valence-electron chi connectivity index (χ4n) is 3.99. The summed E-state index contributed by atoms with van der Waals surface area (Å²) < 4.78 is 4.98. The summed E-state index contributed by atoms with van der Waals surface area (Å²) in [4.78, 5) is 51.6. The molecule has 4 aromatic carbocycles. The quantitative estimate of drug-likeness (QED) is 0.0994. The maximum Gasteiger partial charge on any atom is 0.338 e. The Hall–Kier alpha value is -5.15. The van der Waals surface area contributed by atoms with Crippen LogP contribution in [0, 0.1) is 6.92 Å². The summed E-state index contributed by atoms with van der Waals surface area (Å²) in [6, 6.07) is 29.9. The number of hydrogen-bond acceptors (Lipinski definition) is 6. The number of carbonyl (C=O) groups excluding carboxylic acids is 4. The van der Waals surface area contributed by atoms with Crippen LogP contribution in [0.2, 0.25) is 0 Å². The van der Waals surface area contributed by atoms with E-state index in [1.165, 1.54) is 11.8 Å². The molecule has 224 valence electrons. The third-order valence-corrected chi connectivity index (χ3v) is 7.49. The first-order valence-corrected chi connectivity index (χ1v) is 14.9. The van der Waals surface area contributed by atoms with Gasteiger partial charge in [0, 0.05) is 21.8 Å². The number of amides is 3. The maximum absolute atomic E-state index is 13.3. The van der Waals surface area contributed by atoms with Crippen LogP contribution in [0.3, 0.4) is 0 Å². The van der Waals surface area contributed by atoms with E-state index in [2.05, 4.69) is 16.0 Å². The first-order chi connectivity index (χ1) is 21.2. The van der Waals surface area contributed by atoms with Gasteiger partial charge < -0.3 is 20.7 Å². The smallest absolute Gasteiger partial charge is 0.338 e. The molecule has 0 aliphatic rings. The number of ether oxygens (including phenoxy) is 1. The van der Waals surface area contributed by atoms with Crippen molar-refractivity contribution in [2.24, 2.45) is 0 Å². The van der Waals surface area contributed by atoms with Gasteiger partial charge in [-0.15, -0.1) is 11.8 Å². The highest BCUT2D eigenvalue weighted by Gasteiger charge is 2.17. The minimum absolute atomic E-state index is 0.0988. The Kier molecular flexibility index (Phi) is 11.1. The van der Waals surface area contributed by atoms with Crippen LogP contribution >= 0.6 is 11.8 Å². The number of aryl methyl sites for hydroxylation is 1. The van der Waals surface area contributed by atoms with E-state index in [0.29, 0.717) is 29.1 Å². The summed E-state index contributed by atoms with van der Waals surface area (Å²) in [5.74, 6) is -1.48. The van der Waals surface area contributed by atoms with Crippen LogP contribution in [-0.2, 0) is 14.3 Å². The van der Waals surface area contributed by atoms with Gasteiger partial charge >= 0.3 is 5.97 Å². The third kappa shape index (κ3) is 9.17. The molecule has 0 aliphatic carbocycles. The summed E-state index contributed by atoms with van der Waals surface area (Å²) >= 11 is 1.36. The molecule has 0 fully saturated rings. The van der Waals surface area contributed by atoms with Gasteiger partial charge in [-0.05, 0) is 93.1 Å². The van der Waals surface area contributed by atoms with E-state index in [9.17, 15) is 19.2 Å². The molecule has 0 aliphatic heterocycles. The molecule has 1 unspecified atom stereocenters. The van der Waals surface area contributed by atoms with E-state index in [-0.39, 0.29) is 11.6 Å². The maximum atomic E-state index is 13.3. The Labute approximate surface area is 260 Å². The predicted molar refractivity (Wildman–Crippen MR) is 174 cm³/mol. The van der Waals surface area contributed by atoms with Crippen LogP contribution in [0.5, 0.6) is 0 Å². The molecule has 0 saturated heterocycles. The monoisotopic (exact) mass is 607 g/mol. The summed E-state index contributed by atoms with van der Waals surface area (Å²) in [6.45, 7) is 5.80. The zero-order chi connectivity index (χ0) is 31.5.